The van der Waals surface area contributed by atoms with Crippen LogP contribution in [0.1, 0.15) is 5.56 Å². The zero-order valence-corrected chi connectivity index (χ0v) is 15.6. The molecule has 1 aliphatic rings. The Morgan fingerprint density at radius 3 is 2.28 bits per heavy atom. The number of carbonyl (C=O) groups is 1. The van der Waals surface area contributed by atoms with Crippen molar-refractivity contribution in [3.8, 4) is 0 Å². The minimum atomic E-state index is -4.36. The number of anilines is 2. The van der Waals surface area contributed by atoms with E-state index in [1.54, 1.807) is 11.0 Å². The number of nitrogens with one attached hydrogen (secondary N) is 1. The third-order valence-corrected chi connectivity index (χ3v) is 5.11. The fourth-order valence-corrected chi connectivity index (χ4v) is 3.52. The molecule has 0 unspecified atom stereocenters. The number of amides is 2. The van der Waals surface area contributed by atoms with E-state index in [-0.39, 0.29) is 6.03 Å². The molecule has 3 aromatic carbocycles. The molecule has 0 atom stereocenters. The largest absolute Gasteiger partial charge is 0.416 e. The van der Waals surface area contributed by atoms with Gasteiger partial charge in [0.2, 0.25) is 0 Å². The van der Waals surface area contributed by atoms with Crippen LogP contribution < -0.4 is 10.2 Å². The molecule has 0 bridgehead atoms. The first-order valence-corrected chi connectivity index (χ1v) is 9.37. The highest BCUT2D eigenvalue weighted by atomic mass is 19.4. The second-order valence-electron chi connectivity index (χ2n) is 7.01. The van der Waals surface area contributed by atoms with E-state index in [0.29, 0.717) is 37.6 Å². The average molecular weight is 399 g/mol. The Hall–Kier alpha value is -3.22. The predicted octanol–water partition coefficient (Wildman–Crippen LogP) is 5.21. The first-order valence-electron chi connectivity index (χ1n) is 9.37. The topological polar surface area (TPSA) is 35.6 Å². The summed E-state index contributed by atoms with van der Waals surface area (Å²) in [6, 6.07) is 18.7. The van der Waals surface area contributed by atoms with Gasteiger partial charge in [0.1, 0.15) is 0 Å². The van der Waals surface area contributed by atoms with Crippen molar-refractivity contribution < 1.29 is 18.0 Å². The highest BCUT2D eigenvalue weighted by molar-refractivity contribution is 5.93. The molecule has 7 heteroatoms. The fourth-order valence-electron chi connectivity index (χ4n) is 3.52. The maximum atomic E-state index is 12.9. The Balaban J connectivity index is 1.38. The number of benzene rings is 3. The molecule has 0 radical (unpaired) electrons. The number of piperazine rings is 1. The van der Waals surface area contributed by atoms with Crippen LogP contribution in [0.15, 0.2) is 66.7 Å². The lowest BCUT2D eigenvalue weighted by Crippen LogP contribution is -2.50. The molecule has 0 aliphatic carbocycles. The Labute approximate surface area is 166 Å². The summed E-state index contributed by atoms with van der Waals surface area (Å²) in [5, 5.41) is 5.05. The second-order valence-corrected chi connectivity index (χ2v) is 7.01. The van der Waals surface area contributed by atoms with Crippen molar-refractivity contribution in [1.29, 1.82) is 0 Å². The molecule has 4 nitrogen and oxygen atoms in total. The van der Waals surface area contributed by atoms with E-state index in [0.717, 1.165) is 22.9 Å². The maximum Gasteiger partial charge on any atom is 0.416 e. The summed E-state index contributed by atoms with van der Waals surface area (Å²) in [6.45, 7) is 1.84. The Bertz CT molecular complexity index is 1030. The van der Waals surface area contributed by atoms with Crippen LogP contribution in [0, 0.1) is 0 Å². The van der Waals surface area contributed by atoms with Gasteiger partial charge in [0.15, 0.2) is 0 Å². The molecular weight excluding hydrogens is 379 g/mol. The van der Waals surface area contributed by atoms with Crippen LogP contribution in [0.2, 0.25) is 0 Å². The molecule has 3 aromatic rings. The van der Waals surface area contributed by atoms with Gasteiger partial charge in [-0.05, 0) is 41.1 Å². The first-order chi connectivity index (χ1) is 13.9. The van der Waals surface area contributed by atoms with Gasteiger partial charge in [-0.3, -0.25) is 0 Å². The quantitative estimate of drug-likeness (QED) is 0.642. The molecule has 2 amide bonds. The number of urea groups is 1. The summed E-state index contributed by atoms with van der Waals surface area (Å²) in [4.78, 5) is 16.1. The molecule has 1 aliphatic heterocycles. The van der Waals surface area contributed by atoms with E-state index >= 15 is 0 Å². The summed E-state index contributed by atoms with van der Waals surface area (Å²) in [6.07, 6.45) is -4.36. The molecule has 150 valence electrons. The molecule has 0 spiro atoms. The van der Waals surface area contributed by atoms with Crippen molar-refractivity contribution in [2.75, 3.05) is 36.4 Å². The molecular formula is C22H20F3N3O. The van der Waals surface area contributed by atoms with Crippen molar-refractivity contribution in [3.63, 3.8) is 0 Å². The van der Waals surface area contributed by atoms with E-state index in [2.05, 4.69) is 5.32 Å². The van der Waals surface area contributed by atoms with Crippen molar-refractivity contribution in [2.45, 2.75) is 6.18 Å². The van der Waals surface area contributed by atoms with Gasteiger partial charge in [-0.25, -0.2) is 4.79 Å². The van der Waals surface area contributed by atoms with Gasteiger partial charge in [0, 0.05) is 37.6 Å². The molecule has 0 aromatic heterocycles. The lowest BCUT2D eigenvalue weighted by atomic mass is 10.1. The van der Waals surface area contributed by atoms with Crippen molar-refractivity contribution in [1.82, 2.24) is 4.90 Å². The third kappa shape index (κ3) is 4.29. The monoisotopic (exact) mass is 399 g/mol. The number of carbonyl (C=O) groups excluding carboxylic acids is 1. The van der Waals surface area contributed by atoms with E-state index in [1.807, 2.05) is 47.4 Å². The average Bonchev–Trinajstić information content (AvgIpc) is 2.73. The number of halogens is 3. The number of hydrogen-bond donors (Lipinski definition) is 1. The Morgan fingerprint density at radius 1 is 0.828 bits per heavy atom. The van der Waals surface area contributed by atoms with Crippen LogP contribution in [0.3, 0.4) is 0 Å². The minimum Gasteiger partial charge on any atom is -0.368 e. The Morgan fingerprint density at radius 2 is 1.55 bits per heavy atom. The molecule has 1 fully saturated rings. The number of alkyl halides is 3. The molecule has 1 N–H and O–H groups in total. The summed E-state index contributed by atoms with van der Waals surface area (Å²) in [5.41, 5.74) is 0.579. The van der Waals surface area contributed by atoms with Crippen LogP contribution in [-0.2, 0) is 6.18 Å². The van der Waals surface area contributed by atoms with Gasteiger partial charge >= 0.3 is 12.2 Å². The van der Waals surface area contributed by atoms with Gasteiger partial charge < -0.3 is 15.1 Å². The van der Waals surface area contributed by atoms with E-state index in [4.69, 9.17) is 0 Å². The molecule has 4 rings (SSSR count). The number of hydrogen-bond acceptors (Lipinski definition) is 2. The third-order valence-electron chi connectivity index (χ3n) is 5.11. The zero-order chi connectivity index (χ0) is 20.4. The standard InChI is InChI=1S/C22H20F3N3O/c23-22(24,25)18-6-3-7-20(15-18)27-10-12-28(13-11-27)21(29)26-19-9-8-16-4-1-2-5-17(16)14-19/h1-9,14-15H,10-13H2,(H,26,29). The predicted molar refractivity (Wildman–Crippen MR) is 108 cm³/mol. The van der Waals surface area contributed by atoms with Gasteiger partial charge in [-0.2, -0.15) is 13.2 Å². The van der Waals surface area contributed by atoms with Crippen molar-refractivity contribution in [2.24, 2.45) is 0 Å². The zero-order valence-electron chi connectivity index (χ0n) is 15.6. The SMILES string of the molecule is O=C(Nc1ccc2ccccc2c1)N1CCN(c2cccc(C(F)(F)F)c2)CC1. The summed E-state index contributed by atoms with van der Waals surface area (Å²) < 4.78 is 38.8. The lowest BCUT2D eigenvalue weighted by molar-refractivity contribution is -0.137. The summed E-state index contributed by atoms with van der Waals surface area (Å²) in [7, 11) is 0. The van der Waals surface area contributed by atoms with Crippen molar-refractivity contribution in [3.05, 3.63) is 72.3 Å². The molecule has 0 saturated carbocycles. The van der Waals surface area contributed by atoms with Gasteiger partial charge in [-0.1, -0.05) is 36.4 Å². The van der Waals surface area contributed by atoms with Crippen molar-refractivity contribution >= 4 is 28.2 Å². The Kier molecular flexibility index (Phi) is 5.05. The van der Waals surface area contributed by atoms with Crippen LogP contribution in [0.4, 0.5) is 29.3 Å². The van der Waals surface area contributed by atoms with Gasteiger partial charge in [0.05, 0.1) is 5.56 Å². The van der Waals surface area contributed by atoms with Crippen LogP contribution in [0.5, 0.6) is 0 Å². The highest BCUT2D eigenvalue weighted by Gasteiger charge is 2.31. The van der Waals surface area contributed by atoms with Crippen LogP contribution in [0.25, 0.3) is 10.8 Å². The van der Waals surface area contributed by atoms with Gasteiger partial charge in [-0.15, -0.1) is 0 Å². The van der Waals surface area contributed by atoms with E-state index < -0.39 is 11.7 Å². The summed E-state index contributed by atoms with van der Waals surface area (Å²) in [5.74, 6) is 0. The molecule has 1 heterocycles. The van der Waals surface area contributed by atoms with E-state index in [1.165, 1.54) is 6.07 Å². The second kappa shape index (κ2) is 7.66. The summed E-state index contributed by atoms with van der Waals surface area (Å²) >= 11 is 0. The van der Waals surface area contributed by atoms with Gasteiger partial charge in [0.25, 0.3) is 0 Å². The normalized spacial score (nSPS) is 14.9. The number of rotatable bonds is 2. The van der Waals surface area contributed by atoms with Crippen LogP contribution >= 0.6 is 0 Å². The van der Waals surface area contributed by atoms with E-state index in [9.17, 15) is 18.0 Å². The molecule has 1 saturated heterocycles. The maximum absolute atomic E-state index is 12.9. The number of fused-ring (bicyclic) bond motifs is 1. The molecule has 29 heavy (non-hydrogen) atoms. The lowest BCUT2D eigenvalue weighted by Gasteiger charge is -2.36. The first kappa shape index (κ1) is 19.1. The number of nitrogens with zero attached hydrogens (tertiary/aromatic N) is 2. The minimum absolute atomic E-state index is 0.205. The van der Waals surface area contributed by atoms with Crippen LogP contribution in [-0.4, -0.2) is 37.1 Å². The smallest absolute Gasteiger partial charge is 0.368 e. The highest BCUT2D eigenvalue weighted by Crippen LogP contribution is 2.32. The fraction of sp³-hybridized carbons (Fsp3) is 0.227.